The average molecular weight is 253 g/mol. The molecule has 2 rings (SSSR count). The number of hydrogen-bond acceptors (Lipinski definition) is 2. The van der Waals surface area contributed by atoms with Gasteiger partial charge in [0.05, 0.1) is 0 Å². The minimum Gasteiger partial charge on any atom is -0.325 e. The summed E-state index contributed by atoms with van der Waals surface area (Å²) in [6.07, 6.45) is 5.08. The normalized spacial score (nSPS) is 23.1. The molecule has 0 aromatic carbocycles. The summed E-state index contributed by atoms with van der Waals surface area (Å²) in [5.74, 6) is 0.769. The van der Waals surface area contributed by atoms with E-state index >= 15 is 0 Å². The predicted octanol–water partition coefficient (Wildman–Crippen LogP) is 1.91. The van der Waals surface area contributed by atoms with E-state index in [1.165, 1.54) is 25.7 Å². The Morgan fingerprint density at radius 3 is 2.33 bits per heavy atom. The molecule has 2 aliphatic rings. The molecule has 1 aliphatic heterocycles. The van der Waals surface area contributed by atoms with Crippen LogP contribution in [-0.2, 0) is 0 Å². The lowest BCUT2D eigenvalue weighted by atomic mass is 10.2. The molecule has 0 aromatic rings. The lowest BCUT2D eigenvalue weighted by molar-refractivity contribution is 0.150. The molecule has 104 valence electrons. The van der Waals surface area contributed by atoms with Crippen molar-refractivity contribution in [2.24, 2.45) is 5.92 Å². The van der Waals surface area contributed by atoms with E-state index in [1.54, 1.807) is 0 Å². The second-order valence-corrected chi connectivity index (χ2v) is 5.60. The van der Waals surface area contributed by atoms with Gasteiger partial charge in [-0.05, 0) is 52.0 Å². The van der Waals surface area contributed by atoms with Crippen LogP contribution < -0.4 is 5.32 Å². The molecular weight excluding hydrogens is 226 g/mol. The Hall–Kier alpha value is -0.770. The molecule has 1 unspecified atom stereocenters. The van der Waals surface area contributed by atoms with Crippen LogP contribution in [0.15, 0.2) is 0 Å². The molecule has 2 amide bonds. The Balaban J connectivity index is 1.91. The van der Waals surface area contributed by atoms with Crippen LogP contribution >= 0.6 is 0 Å². The van der Waals surface area contributed by atoms with Crippen LogP contribution in [0.5, 0.6) is 0 Å². The van der Waals surface area contributed by atoms with Gasteiger partial charge in [-0.25, -0.2) is 4.79 Å². The first-order valence-electron chi connectivity index (χ1n) is 7.51. The van der Waals surface area contributed by atoms with E-state index < -0.39 is 0 Å². The fourth-order valence-corrected chi connectivity index (χ4v) is 2.72. The van der Waals surface area contributed by atoms with Gasteiger partial charge in [0.1, 0.15) is 0 Å². The van der Waals surface area contributed by atoms with Crippen molar-refractivity contribution in [2.75, 3.05) is 32.7 Å². The van der Waals surface area contributed by atoms with Gasteiger partial charge in [0.25, 0.3) is 0 Å². The molecule has 1 saturated carbocycles. The molecule has 0 bridgehead atoms. The maximum absolute atomic E-state index is 12.5. The highest BCUT2D eigenvalue weighted by Crippen LogP contribution is 2.30. The monoisotopic (exact) mass is 253 g/mol. The van der Waals surface area contributed by atoms with Crippen molar-refractivity contribution in [2.45, 2.75) is 45.6 Å². The van der Waals surface area contributed by atoms with Crippen molar-refractivity contribution in [1.82, 2.24) is 15.1 Å². The standard InChI is InChI=1S/C14H27N3O/c1-3-16(4-2)14(18)17(10-12-7-8-12)11-13-6-5-9-15-13/h12-13,15H,3-11H2,1-2H3. The van der Waals surface area contributed by atoms with Gasteiger partial charge in [-0.15, -0.1) is 0 Å². The molecule has 0 radical (unpaired) electrons. The Kier molecular flexibility index (Phi) is 4.87. The van der Waals surface area contributed by atoms with Gasteiger partial charge in [-0.2, -0.15) is 0 Å². The number of rotatable bonds is 6. The number of amides is 2. The van der Waals surface area contributed by atoms with E-state index in [9.17, 15) is 4.79 Å². The maximum atomic E-state index is 12.5. The Morgan fingerprint density at radius 2 is 1.83 bits per heavy atom. The summed E-state index contributed by atoms with van der Waals surface area (Å²) in [5.41, 5.74) is 0. The van der Waals surface area contributed by atoms with Crippen LogP contribution in [-0.4, -0.2) is 54.6 Å². The SMILES string of the molecule is CCN(CC)C(=O)N(CC1CC1)CC1CCCN1. The molecule has 2 fully saturated rings. The number of urea groups is 1. The number of carbonyl (C=O) groups is 1. The van der Waals surface area contributed by atoms with Gasteiger partial charge in [0.2, 0.25) is 0 Å². The minimum atomic E-state index is 0.237. The Morgan fingerprint density at radius 1 is 1.11 bits per heavy atom. The molecule has 4 nitrogen and oxygen atoms in total. The number of nitrogens with zero attached hydrogens (tertiary/aromatic N) is 2. The lowest BCUT2D eigenvalue weighted by Gasteiger charge is -2.31. The minimum absolute atomic E-state index is 0.237. The van der Waals surface area contributed by atoms with Crippen LogP contribution in [0.3, 0.4) is 0 Å². The third kappa shape index (κ3) is 3.61. The molecule has 1 heterocycles. The third-order valence-electron chi connectivity index (χ3n) is 4.08. The predicted molar refractivity (Wildman–Crippen MR) is 73.6 cm³/mol. The summed E-state index contributed by atoms with van der Waals surface area (Å²) >= 11 is 0. The maximum Gasteiger partial charge on any atom is 0.320 e. The molecule has 4 heteroatoms. The Labute approximate surface area is 111 Å². The van der Waals surface area contributed by atoms with Crippen LogP contribution in [0.4, 0.5) is 4.79 Å². The van der Waals surface area contributed by atoms with Gasteiger partial charge >= 0.3 is 6.03 Å². The van der Waals surface area contributed by atoms with Crippen molar-refractivity contribution in [3.8, 4) is 0 Å². The van der Waals surface area contributed by atoms with E-state index in [2.05, 4.69) is 24.1 Å². The summed E-state index contributed by atoms with van der Waals surface area (Å²) in [4.78, 5) is 16.5. The molecule has 0 aromatic heterocycles. The largest absolute Gasteiger partial charge is 0.325 e. The quantitative estimate of drug-likeness (QED) is 0.785. The zero-order valence-electron chi connectivity index (χ0n) is 11.8. The van der Waals surface area contributed by atoms with E-state index in [0.717, 1.165) is 38.6 Å². The van der Waals surface area contributed by atoms with E-state index in [1.807, 2.05) is 4.90 Å². The Bertz CT molecular complexity index is 268. The highest BCUT2D eigenvalue weighted by Gasteiger charge is 2.30. The van der Waals surface area contributed by atoms with E-state index in [-0.39, 0.29) is 6.03 Å². The van der Waals surface area contributed by atoms with Crippen LogP contribution in [0, 0.1) is 5.92 Å². The summed E-state index contributed by atoms with van der Waals surface area (Å²) in [6, 6.07) is 0.754. The zero-order chi connectivity index (χ0) is 13.0. The molecular formula is C14H27N3O. The fraction of sp³-hybridized carbons (Fsp3) is 0.929. The smallest absolute Gasteiger partial charge is 0.320 e. The molecule has 1 N–H and O–H groups in total. The second-order valence-electron chi connectivity index (χ2n) is 5.60. The van der Waals surface area contributed by atoms with Crippen LogP contribution in [0.25, 0.3) is 0 Å². The van der Waals surface area contributed by atoms with E-state index in [0.29, 0.717) is 6.04 Å². The number of hydrogen-bond donors (Lipinski definition) is 1. The second kappa shape index (κ2) is 6.41. The lowest BCUT2D eigenvalue weighted by Crippen LogP contribution is -2.48. The zero-order valence-corrected chi connectivity index (χ0v) is 11.8. The summed E-state index contributed by atoms with van der Waals surface area (Å²) in [7, 11) is 0. The van der Waals surface area contributed by atoms with Crippen molar-refractivity contribution >= 4 is 6.03 Å². The van der Waals surface area contributed by atoms with Gasteiger partial charge in [-0.1, -0.05) is 0 Å². The topological polar surface area (TPSA) is 35.6 Å². The summed E-state index contributed by atoms with van der Waals surface area (Å²) in [6.45, 7) is 8.72. The number of nitrogens with one attached hydrogen (secondary N) is 1. The van der Waals surface area contributed by atoms with Crippen LogP contribution in [0.1, 0.15) is 39.5 Å². The van der Waals surface area contributed by atoms with Crippen molar-refractivity contribution in [3.05, 3.63) is 0 Å². The van der Waals surface area contributed by atoms with Gasteiger partial charge < -0.3 is 15.1 Å². The van der Waals surface area contributed by atoms with Gasteiger partial charge in [0.15, 0.2) is 0 Å². The van der Waals surface area contributed by atoms with E-state index in [4.69, 9.17) is 0 Å². The highest BCUT2D eigenvalue weighted by molar-refractivity contribution is 5.74. The molecule has 1 aliphatic carbocycles. The van der Waals surface area contributed by atoms with Crippen molar-refractivity contribution in [1.29, 1.82) is 0 Å². The third-order valence-corrected chi connectivity index (χ3v) is 4.08. The van der Waals surface area contributed by atoms with Gasteiger partial charge in [-0.3, -0.25) is 0 Å². The van der Waals surface area contributed by atoms with Crippen molar-refractivity contribution in [3.63, 3.8) is 0 Å². The molecule has 1 atom stereocenters. The average Bonchev–Trinajstić information content (AvgIpc) is 3.04. The molecule has 18 heavy (non-hydrogen) atoms. The highest BCUT2D eigenvalue weighted by atomic mass is 16.2. The number of carbonyl (C=O) groups excluding carboxylic acids is 1. The first kappa shape index (κ1) is 13.7. The van der Waals surface area contributed by atoms with Crippen molar-refractivity contribution < 1.29 is 4.79 Å². The molecule has 1 saturated heterocycles. The summed E-state index contributed by atoms with van der Waals surface area (Å²) in [5, 5.41) is 3.50. The van der Waals surface area contributed by atoms with Crippen LogP contribution in [0.2, 0.25) is 0 Å². The molecule has 0 spiro atoms. The first-order valence-corrected chi connectivity index (χ1v) is 7.51. The first-order chi connectivity index (χ1) is 8.74. The fourth-order valence-electron chi connectivity index (χ4n) is 2.72. The summed E-state index contributed by atoms with van der Waals surface area (Å²) < 4.78 is 0. The van der Waals surface area contributed by atoms with Gasteiger partial charge in [0, 0.05) is 32.2 Å².